The van der Waals surface area contributed by atoms with Crippen LogP contribution in [0.15, 0.2) is 40.3 Å². The van der Waals surface area contributed by atoms with E-state index in [1.807, 2.05) is 6.07 Å². The van der Waals surface area contributed by atoms with Crippen LogP contribution in [0.2, 0.25) is 0 Å². The highest BCUT2D eigenvalue weighted by Gasteiger charge is 2.40. The van der Waals surface area contributed by atoms with Crippen LogP contribution in [0.1, 0.15) is 31.5 Å². The molecule has 0 bridgehead atoms. The van der Waals surface area contributed by atoms with Crippen molar-refractivity contribution in [3.63, 3.8) is 0 Å². The third kappa shape index (κ3) is 8.64. The lowest BCUT2D eigenvalue weighted by Crippen LogP contribution is -2.66. The van der Waals surface area contributed by atoms with Crippen LogP contribution in [-0.2, 0) is 16.0 Å². The summed E-state index contributed by atoms with van der Waals surface area (Å²) < 4.78 is 63.5. The first-order valence-electron chi connectivity index (χ1n) is 12.0. The first-order valence-corrected chi connectivity index (χ1v) is 13.2. The second kappa shape index (κ2) is 12.8. The monoisotopic (exact) mass is 653 g/mol. The fourth-order valence-corrected chi connectivity index (χ4v) is 4.98. The number of aromatic nitrogens is 5. The summed E-state index contributed by atoms with van der Waals surface area (Å²) in [5.74, 6) is -4.64. The van der Waals surface area contributed by atoms with Gasteiger partial charge in [-0.05, 0) is 36.7 Å². The number of allylic oxidation sites excluding steroid dienone is 1. The molecule has 1 aliphatic carbocycles. The van der Waals surface area contributed by atoms with Gasteiger partial charge in [0.05, 0.1) is 16.3 Å². The van der Waals surface area contributed by atoms with Gasteiger partial charge in [0, 0.05) is 48.5 Å². The Morgan fingerprint density at radius 2 is 1.60 bits per heavy atom. The number of carboxylic acid groups (broad SMARTS) is 2. The maximum absolute atomic E-state index is 10.6. The first kappa shape index (κ1) is 33.7. The lowest BCUT2D eigenvalue weighted by atomic mass is 9.93. The van der Waals surface area contributed by atoms with E-state index in [0.717, 1.165) is 58.5 Å². The topological polar surface area (TPSA) is 168 Å². The molecule has 11 nitrogen and oxygen atoms in total. The number of nitrogens with zero attached hydrogens (tertiary/aromatic N) is 6. The summed E-state index contributed by atoms with van der Waals surface area (Å²) >= 11 is 8.17. The van der Waals surface area contributed by atoms with E-state index in [4.69, 9.17) is 47.1 Å². The standard InChI is InChI=1S/C20H20ClN7S.2C2HF3O2/c1-3-11-6-13-15(16(11)21)18(28-9-20(2,22)10-28)27-19(26-13)29-12-7-14-17(25-8-12)24-5-4-23-14;2*3-2(4,5)1(6)7/h4-5,7-8H,3,6,9-10,22H2,1-2H3;2*(H,6,7). The van der Waals surface area contributed by atoms with Crippen LogP contribution in [0.25, 0.3) is 16.2 Å². The predicted molar refractivity (Wildman–Crippen MR) is 142 cm³/mol. The maximum Gasteiger partial charge on any atom is 0.490 e. The van der Waals surface area contributed by atoms with E-state index in [1.54, 1.807) is 18.6 Å². The minimum Gasteiger partial charge on any atom is -0.475 e. The summed E-state index contributed by atoms with van der Waals surface area (Å²) in [6.45, 7) is 5.67. The van der Waals surface area contributed by atoms with Crippen molar-refractivity contribution in [2.75, 3.05) is 18.0 Å². The average molecular weight is 654 g/mol. The molecule has 0 saturated carbocycles. The normalized spacial score (nSPS) is 15.5. The van der Waals surface area contributed by atoms with Gasteiger partial charge in [0.2, 0.25) is 0 Å². The highest BCUT2D eigenvalue weighted by Crippen LogP contribution is 2.44. The van der Waals surface area contributed by atoms with Gasteiger partial charge in [-0.2, -0.15) is 26.3 Å². The molecule has 1 fully saturated rings. The van der Waals surface area contributed by atoms with Gasteiger partial charge in [-0.25, -0.2) is 29.5 Å². The first-order chi connectivity index (χ1) is 19.8. The molecule has 1 aliphatic heterocycles. The molecule has 3 aromatic rings. The van der Waals surface area contributed by atoms with Crippen LogP contribution in [0, 0.1) is 0 Å². The van der Waals surface area contributed by atoms with E-state index in [9.17, 15) is 26.3 Å². The third-order valence-corrected chi connectivity index (χ3v) is 6.96. The van der Waals surface area contributed by atoms with Gasteiger partial charge in [0.25, 0.3) is 0 Å². The van der Waals surface area contributed by atoms with Gasteiger partial charge in [-0.3, -0.25) is 4.98 Å². The Balaban J connectivity index is 0.000000303. The van der Waals surface area contributed by atoms with Crippen LogP contribution < -0.4 is 10.6 Å². The van der Waals surface area contributed by atoms with Crippen LogP contribution in [0.4, 0.5) is 32.2 Å². The molecular weight excluding hydrogens is 632 g/mol. The molecule has 0 unspecified atom stereocenters. The van der Waals surface area contributed by atoms with Crippen molar-refractivity contribution in [1.82, 2.24) is 24.9 Å². The molecule has 5 rings (SSSR count). The molecule has 0 spiro atoms. The van der Waals surface area contributed by atoms with Crippen LogP contribution in [0.3, 0.4) is 0 Å². The van der Waals surface area contributed by atoms with Gasteiger partial charge in [-0.1, -0.05) is 18.5 Å². The van der Waals surface area contributed by atoms with Crippen LogP contribution in [0.5, 0.6) is 0 Å². The fourth-order valence-electron chi connectivity index (χ4n) is 3.81. The molecule has 4 heterocycles. The Hall–Kier alpha value is -3.77. The molecule has 2 aliphatic rings. The van der Waals surface area contributed by atoms with Gasteiger partial charge >= 0.3 is 24.3 Å². The summed E-state index contributed by atoms with van der Waals surface area (Å²) in [5.41, 5.74) is 10.6. The summed E-state index contributed by atoms with van der Waals surface area (Å²) in [7, 11) is 0. The number of halogens is 7. The molecule has 4 N–H and O–H groups in total. The van der Waals surface area contributed by atoms with Crippen molar-refractivity contribution in [2.45, 2.75) is 54.6 Å². The van der Waals surface area contributed by atoms with E-state index in [2.05, 4.69) is 33.7 Å². The molecule has 19 heteroatoms. The molecule has 0 radical (unpaired) electrons. The SMILES string of the molecule is CCC1=C(Cl)c2c(nc(Sc3cnc4nccnc4c3)nc2N2CC(C)(N)C2)C1.O=C(O)C(F)(F)F.O=C(O)C(F)(F)F. The summed E-state index contributed by atoms with van der Waals surface area (Å²) in [5, 5.41) is 15.7. The Kier molecular flexibility index (Phi) is 10.1. The Bertz CT molecular complexity index is 1540. The number of hydrogen-bond acceptors (Lipinski definition) is 10. The lowest BCUT2D eigenvalue weighted by Gasteiger charge is -2.46. The third-order valence-electron chi connectivity index (χ3n) is 5.68. The zero-order chi connectivity index (χ0) is 32.3. The number of nitrogens with two attached hydrogens (primary N) is 1. The molecule has 0 aromatic carbocycles. The van der Waals surface area contributed by atoms with Crippen molar-refractivity contribution in [2.24, 2.45) is 5.73 Å². The molecule has 43 heavy (non-hydrogen) atoms. The number of carboxylic acids is 2. The van der Waals surface area contributed by atoms with Crippen molar-refractivity contribution >= 4 is 57.3 Å². The number of alkyl halides is 6. The fraction of sp³-hybridized carbons (Fsp3) is 0.375. The van der Waals surface area contributed by atoms with Crippen LogP contribution in [-0.4, -0.2) is 78.1 Å². The van der Waals surface area contributed by atoms with E-state index in [1.165, 1.54) is 17.3 Å². The molecule has 1 saturated heterocycles. The van der Waals surface area contributed by atoms with E-state index >= 15 is 0 Å². The van der Waals surface area contributed by atoms with Crippen molar-refractivity contribution in [3.8, 4) is 0 Å². The number of anilines is 1. The second-order valence-corrected chi connectivity index (χ2v) is 10.8. The summed E-state index contributed by atoms with van der Waals surface area (Å²) in [4.78, 5) is 43.5. The number of rotatable bonds is 4. The maximum atomic E-state index is 10.6. The summed E-state index contributed by atoms with van der Waals surface area (Å²) in [6, 6.07) is 1.96. The highest BCUT2D eigenvalue weighted by molar-refractivity contribution is 7.99. The highest BCUT2D eigenvalue weighted by atomic mass is 35.5. The molecule has 3 aromatic heterocycles. The number of carbonyl (C=O) groups is 2. The van der Waals surface area contributed by atoms with Gasteiger partial charge < -0.3 is 20.8 Å². The van der Waals surface area contributed by atoms with Crippen molar-refractivity contribution in [3.05, 3.63) is 41.5 Å². The molecule has 0 atom stereocenters. The minimum atomic E-state index is -5.08. The quantitative estimate of drug-likeness (QED) is 0.263. The second-order valence-electron chi connectivity index (χ2n) is 9.39. The van der Waals surface area contributed by atoms with E-state index in [0.29, 0.717) is 10.8 Å². The number of aliphatic carboxylic acids is 2. The smallest absolute Gasteiger partial charge is 0.475 e. The van der Waals surface area contributed by atoms with Gasteiger partial charge in [0.1, 0.15) is 11.3 Å². The largest absolute Gasteiger partial charge is 0.490 e. The van der Waals surface area contributed by atoms with Crippen LogP contribution >= 0.6 is 23.4 Å². The minimum absolute atomic E-state index is 0.200. The number of fused-ring (bicyclic) bond motifs is 2. The average Bonchev–Trinajstić information content (AvgIpc) is 3.21. The Morgan fingerprint density at radius 3 is 2.12 bits per heavy atom. The van der Waals surface area contributed by atoms with E-state index in [-0.39, 0.29) is 5.54 Å². The predicted octanol–water partition coefficient (Wildman–Crippen LogP) is 4.69. The van der Waals surface area contributed by atoms with Crippen molar-refractivity contribution < 1.29 is 46.1 Å². The zero-order valence-electron chi connectivity index (χ0n) is 22.2. The molecule has 0 amide bonds. The number of hydrogen-bond donors (Lipinski definition) is 3. The van der Waals surface area contributed by atoms with Gasteiger partial charge in [-0.15, -0.1) is 0 Å². The lowest BCUT2D eigenvalue weighted by molar-refractivity contribution is -0.193. The van der Waals surface area contributed by atoms with Crippen molar-refractivity contribution in [1.29, 1.82) is 0 Å². The van der Waals surface area contributed by atoms with E-state index < -0.39 is 24.3 Å². The molecular formula is C24H22ClF6N7O4S. The zero-order valence-corrected chi connectivity index (χ0v) is 23.7. The van der Waals surface area contributed by atoms with Gasteiger partial charge in [0.15, 0.2) is 10.8 Å². The Labute approximate surface area is 248 Å². The Morgan fingerprint density at radius 1 is 1.05 bits per heavy atom. The summed E-state index contributed by atoms with van der Waals surface area (Å²) in [6.07, 6.45) is -3.42. The number of pyridine rings is 1. The molecule has 232 valence electrons.